The SMILES string of the molecule is C=CCO[C@@]12Oc3ccc(OCCN4CC4)cc3[C@H]3[C@H](CCCCO)[C@@H](CCCCO)C=C(C(=NOC4CCCCO4)C[C@@H]1N(C)C(=O)CCCCCCCCCCC)[C@H]32. The number of nitrogens with zero attached hydrogens (tertiary/aromatic N) is 3. The van der Waals surface area contributed by atoms with Crippen LogP contribution in [0, 0.1) is 17.8 Å². The van der Waals surface area contributed by atoms with Crippen molar-refractivity contribution in [3.05, 3.63) is 48.1 Å². The van der Waals surface area contributed by atoms with Crippen LogP contribution in [0.2, 0.25) is 0 Å². The van der Waals surface area contributed by atoms with Crippen LogP contribution in [0.3, 0.4) is 0 Å². The number of aliphatic hydroxyl groups excluding tert-OH is 2. The highest BCUT2D eigenvalue weighted by Gasteiger charge is 2.65. The molecule has 2 saturated heterocycles. The number of fused-ring (bicyclic) bond motifs is 2. The summed E-state index contributed by atoms with van der Waals surface area (Å²) in [6.07, 6.45) is 23.1. The van der Waals surface area contributed by atoms with Crippen molar-refractivity contribution >= 4 is 11.6 Å². The van der Waals surface area contributed by atoms with Gasteiger partial charge in [-0.1, -0.05) is 88.4 Å². The number of aliphatic hydroxyl groups is 2. The van der Waals surface area contributed by atoms with Crippen molar-refractivity contribution in [1.29, 1.82) is 0 Å². The summed E-state index contributed by atoms with van der Waals surface area (Å²) in [6.45, 7) is 11.3. The van der Waals surface area contributed by atoms with E-state index in [9.17, 15) is 15.0 Å². The molecule has 6 rings (SSSR count). The van der Waals surface area contributed by atoms with Crippen LogP contribution < -0.4 is 9.47 Å². The molecule has 0 spiro atoms. The molecule has 5 aliphatic rings. The van der Waals surface area contributed by atoms with Gasteiger partial charge in [-0.25, -0.2) is 0 Å². The maximum absolute atomic E-state index is 14.4. The number of likely N-dealkylation sites (N-methyl/N-ethyl adjacent to an activating group) is 1. The number of oxime groups is 1. The van der Waals surface area contributed by atoms with Gasteiger partial charge in [-0.05, 0) is 80.6 Å². The molecule has 7 atom stereocenters. The fourth-order valence-electron chi connectivity index (χ4n) is 10.3. The van der Waals surface area contributed by atoms with Gasteiger partial charge in [0.05, 0.1) is 24.8 Å². The zero-order valence-electron chi connectivity index (χ0n) is 37.0. The fraction of sp³-hybridized carbons (Fsp3) is 0.755. The minimum atomic E-state index is -1.24. The Labute approximate surface area is 360 Å². The second kappa shape index (κ2) is 24.0. The Kier molecular flexibility index (Phi) is 18.6. The molecular weight excluding hydrogens is 759 g/mol. The molecule has 1 saturated carbocycles. The zero-order chi connectivity index (χ0) is 42.2. The Morgan fingerprint density at radius 1 is 1.00 bits per heavy atom. The molecular formula is C49H77N3O8. The van der Waals surface area contributed by atoms with Crippen LogP contribution in [0.15, 0.2) is 47.7 Å². The number of amides is 1. The Hall–Kier alpha value is -2.96. The van der Waals surface area contributed by atoms with Gasteiger partial charge in [-0.15, -0.1) is 6.58 Å². The van der Waals surface area contributed by atoms with E-state index < -0.39 is 18.1 Å². The predicted octanol–water partition coefficient (Wildman–Crippen LogP) is 8.92. The smallest absolute Gasteiger partial charge is 0.239 e. The fourth-order valence-corrected chi connectivity index (χ4v) is 10.3. The van der Waals surface area contributed by atoms with Crippen molar-refractivity contribution in [2.24, 2.45) is 22.9 Å². The molecule has 0 aromatic heterocycles. The van der Waals surface area contributed by atoms with Gasteiger partial charge in [0.2, 0.25) is 18.0 Å². The molecule has 11 nitrogen and oxygen atoms in total. The largest absolute Gasteiger partial charge is 0.492 e. The van der Waals surface area contributed by atoms with Crippen LogP contribution in [-0.4, -0.2) is 109 Å². The molecule has 60 heavy (non-hydrogen) atoms. The first kappa shape index (κ1) is 46.5. The van der Waals surface area contributed by atoms with Crippen molar-refractivity contribution in [2.75, 3.05) is 59.7 Å². The summed E-state index contributed by atoms with van der Waals surface area (Å²) in [5.74, 6) is 0.317. The molecule has 11 heteroatoms. The van der Waals surface area contributed by atoms with Gasteiger partial charge in [0.15, 0.2) is 0 Å². The quantitative estimate of drug-likeness (QED) is 0.0369. The molecule has 2 N–H and O–H groups in total. The Bertz CT molecular complexity index is 1540. The maximum atomic E-state index is 14.4. The predicted molar refractivity (Wildman–Crippen MR) is 236 cm³/mol. The molecule has 336 valence electrons. The highest BCUT2D eigenvalue weighted by Crippen LogP contribution is 2.62. The molecule has 1 aromatic carbocycles. The number of hydrogen-bond donors (Lipinski definition) is 2. The van der Waals surface area contributed by atoms with Crippen LogP contribution in [0.5, 0.6) is 11.5 Å². The van der Waals surface area contributed by atoms with E-state index in [4.69, 9.17) is 28.9 Å². The summed E-state index contributed by atoms with van der Waals surface area (Å²) in [5.41, 5.74) is 2.93. The number of carbonyl (C=O) groups is 1. The molecule has 2 aliphatic carbocycles. The Balaban J connectivity index is 1.39. The number of benzene rings is 1. The lowest BCUT2D eigenvalue weighted by atomic mass is 9.55. The highest BCUT2D eigenvalue weighted by atomic mass is 16.8. The van der Waals surface area contributed by atoms with Gasteiger partial charge in [-0.2, -0.15) is 0 Å². The summed E-state index contributed by atoms with van der Waals surface area (Å²) in [5, 5.41) is 24.8. The summed E-state index contributed by atoms with van der Waals surface area (Å²) in [4.78, 5) is 24.9. The van der Waals surface area contributed by atoms with Crippen LogP contribution in [0.1, 0.15) is 147 Å². The third-order valence-electron chi connectivity index (χ3n) is 13.6. The van der Waals surface area contributed by atoms with Gasteiger partial charge >= 0.3 is 0 Å². The third-order valence-corrected chi connectivity index (χ3v) is 13.6. The summed E-state index contributed by atoms with van der Waals surface area (Å²) in [7, 11) is 1.91. The molecule has 1 unspecified atom stereocenters. The van der Waals surface area contributed by atoms with E-state index in [-0.39, 0.29) is 49.4 Å². The molecule has 0 bridgehead atoms. The number of carbonyl (C=O) groups excluding carboxylic acids is 1. The number of allylic oxidation sites excluding steroid dienone is 1. The van der Waals surface area contributed by atoms with E-state index in [0.717, 1.165) is 125 Å². The molecule has 1 amide bonds. The maximum Gasteiger partial charge on any atom is 0.239 e. The monoisotopic (exact) mass is 836 g/mol. The van der Waals surface area contributed by atoms with Gasteiger partial charge in [-0.3, -0.25) is 9.69 Å². The van der Waals surface area contributed by atoms with Crippen LogP contribution in [-0.2, 0) is 19.1 Å². The molecule has 0 radical (unpaired) electrons. The van der Waals surface area contributed by atoms with Crippen LogP contribution in [0.25, 0.3) is 0 Å². The first-order chi connectivity index (χ1) is 29.4. The van der Waals surface area contributed by atoms with Crippen LogP contribution in [0.4, 0.5) is 0 Å². The van der Waals surface area contributed by atoms with E-state index in [1.807, 2.05) is 24.1 Å². The minimum absolute atomic E-state index is 0.0751. The normalized spacial score (nSPS) is 27.7. The minimum Gasteiger partial charge on any atom is -0.492 e. The Morgan fingerprint density at radius 2 is 1.75 bits per heavy atom. The van der Waals surface area contributed by atoms with E-state index in [1.54, 1.807) is 6.08 Å². The summed E-state index contributed by atoms with van der Waals surface area (Å²) >= 11 is 0. The van der Waals surface area contributed by atoms with Crippen molar-refractivity contribution in [2.45, 2.75) is 159 Å². The molecule has 3 heterocycles. The van der Waals surface area contributed by atoms with E-state index >= 15 is 0 Å². The number of rotatable bonds is 28. The van der Waals surface area contributed by atoms with Crippen LogP contribution >= 0.6 is 0 Å². The topological polar surface area (TPSA) is 122 Å². The molecule has 3 fully saturated rings. The molecule has 3 aliphatic heterocycles. The van der Waals surface area contributed by atoms with Gasteiger partial charge in [0, 0.05) is 70.6 Å². The van der Waals surface area contributed by atoms with Gasteiger partial charge in [0.1, 0.15) is 24.1 Å². The second-order valence-electron chi connectivity index (χ2n) is 17.9. The Morgan fingerprint density at radius 3 is 2.45 bits per heavy atom. The first-order valence-electron chi connectivity index (χ1n) is 23.9. The van der Waals surface area contributed by atoms with E-state index in [1.165, 1.54) is 38.5 Å². The number of unbranched alkanes of at least 4 members (excludes halogenated alkanes) is 10. The lowest BCUT2D eigenvalue weighted by Gasteiger charge is -2.59. The second-order valence-corrected chi connectivity index (χ2v) is 17.9. The number of ether oxygens (including phenoxy) is 4. The van der Waals surface area contributed by atoms with Crippen molar-refractivity contribution < 1.29 is 38.8 Å². The van der Waals surface area contributed by atoms with Gasteiger partial charge < -0.3 is 38.9 Å². The lowest BCUT2D eigenvalue weighted by molar-refractivity contribution is -0.256. The third kappa shape index (κ3) is 12.1. The van der Waals surface area contributed by atoms with Crippen molar-refractivity contribution in [1.82, 2.24) is 9.80 Å². The zero-order valence-corrected chi connectivity index (χ0v) is 37.0. The van der Waals surface area contributed by atoms with E-state index in [2.05, 4.69) is 30.5 Å². The molecule has 1 aromatic rings. The highest BCUT2D eigenvalue weighted by molar-refractivity contribution is 6.03. The first-order valence-corrected chi connectivity index (χ1v) is 23.9. The summed E-state index contributed by atoms with van der Waals surface area (Å²) < 4.78 is 26.8. The van der Waals surface area contributed by atoms with E-state index in [0.29, 0.717) is 26.1 Å². The average Bonchev–Trinajstić information content (AvgIpc) is 4.10. The lowest BCUT2D eigenvalue weighted by Crippen LogP contribution is -2.69. The van der Waals surface area contributed by atoms with Crippen molar-refractivity contribution in [3.8, 4) is 11.5 Å². The average molecular weight is 836 g/mol. The standard InChI is InChI=1S/C49H77N3O8/c1-4-6-7-8-9-10-11-12-13-22-45(55)51(3)44-36-42(50-60-46-23-16-19-32-57-46)40-34-37(20-14-17-29-53)39(21-15-18-30-54)47-41-35-38(56-33-28-52-26-27-52)24-25-43(41)59-49(44,48(40)47)58-31-5-2/h5,24-25,34-35,37,39,44,46-48,53-54H,2,4,6-23,26-33,36H2,1,3H3/t37-,39+,44-,46?,47+,48+,49+/m0/s1. The van der Waals surface area contributed by atoms with Crippen molar-refractivity contribution in [3.63, 3.8) is 0 Å². The van der Waals surface area contributed by atoms with Gasteiger partial charge in [0.25, 0.3) is 0 Å². The summed E-state index contributed by atoms with van der Waals surface area (Å²) in [6, 6.07) is 5.71. The number of hydrogen-bond acceptors (Lipinski definition) is 10.